The lowest BCUT2D eigenvalue weighted by Gasteiger charge is -2.09. The summed E-state index contributed by atoms with van der Waals surface area (Å²) in [5.41, 5.74) is 8.09. The molecule has 0 atom stereocenters. The van der Waals surface area contributed by atoms with Crippen LogP contribution in [0.4, 0.5) is 11.4 Å². The fourth-order valence-corrected chi connectivity index (χ4v) is 2.16. The van der Waals surface area contributed by atoms with Crippen molar-refractivity contribution in [2.24, 2.45) is 0 Å². The molecule has 0 radical (unpaired) electrons. The first kappa shape index (κ1) is 15.4. The van der Waals surface area contributed by atoms with Crippen molar-refractivity contribution in [3.8, 4) is 5.75 Å². The third-order valence-corrected chi connectivity index (χ3v) is 3.54. The second kappa shape index (κ2) is 7.13. The van der Waals surface area contributed by atoms with E-state index in [1.165, 1.54) is 0 Å². The zero-order valence-electron chi connectivity index (χ0n) is 11.7. The molecule has 0 bridgehead atoms. The number of hydrogen-bond acceptors (Lipinski definition) is 3. The Balaban J connectivity index is 1.84. The second-order valence-corrected chi connectivity index (χ2v) is 5.56. The van der Waals surface area contributed by atoms with Gasteiger partial charge in [0.05, 0.1) is 18.7 Å². The Morgan fingerprint density at radius 1 is 1.29 bits per heavy atom. The van der Waals surface area contributed by atoms with Gasteiger partial charge in [-0.2, -0.15) is 0 Å². The minimum atomic E-state index is -0.117. The molecule has 5 heteroatoms. The van der Waals surface area contributed by atoms with Crippen LogP contribution in [0.3, 0.4) is 0 Å². The summed E-state index contributed by atoms with van der Waals surface area (Å²) in [6.07, 6.45) is 0.273. The minimum absolute atomic E-state index is 0.117. The van der Waals surface area contributed by atoms with E-state index in [-0.39, 0.29) is 12.3 Å². The summed E-state index contributed by atoms with van der Waals surface area (Å²) in [5.74, 6) is 0.655. The molecule has 3 N–H and O–H groups in total. The van der Waals surface area contributed by atoms with Gasteiger partial charge in [-0.05, 0) is 58.7 Å². The van der Waals surface area contributed by atoms with Gasteiger partial charge in [0.15, 0.2) is 0 Å². The normalized spacial score (nSPS) is 10.2. The zero-order valence-corrected chi connectivity index (χ0v) is 13.3. The quantitative estimate of drug-likeness (QED) is 0.808. The number of aryl methyl sites for hydroxylation is 1. The van der Waals surface area contributed by atoms with Gasteiger partial charge in [0.2, 0.25) is 5.91 Å². The lowest BCUT2D eigenvalue weighted by atomic mass is 10.2. The van der Waals surface area contributed by atoms with Gasteiger partial charge in [-0.25, -0.2) is 0 Å². The molecular formula is C16H17BrN2O2. The molecule has 0 unspecified atom stereocenters. The average molecular weight is 349 g/mol. The highest BCUT2D eigenvalue weighted by Gasteiger charge is 2.06. The van der Waals surface area contributed by atoms with Crippen molar-refractivity contribution in [1.82, 2.24) is 0 Å². The Morgan fingerprint density at radius 2 is 2.10 bits per heavy atom. The molecule has 0 saturated heterocycles. The monoisotopic (exact) mass is 348 g/mol. The van der Waals surface area contributed by atoms with Crippen LogP contribution in [0.25, 0.3) is 0 Å². The van der Waals surface area contributed by atoms with Crippen molar-refractivity contribution in [3.05, 3.63) is 52.5 Å². The van der Waals surface area contributed by atoms with Gasteiger partial charge in [0, 0.05) is 10.2 Å². The van der Waals surface area contributed by atoms with Crippen LogP contribution in [-0.4, -0.2) is 12.5 Å². The van der Waals surface area contributed by atoms with Gasteiger partial charge < -0.3 is 15.8 Å². The lowest BCUT2D eigenvalue weighted by molar-refractivity contribution is -0.116. The van der Waals surface area contributed by atoms with Gasteiger partial charge in [-0.15, -0.1) is 0 Å². The number of rotatable bonds is 5. The zero-order chi connectivity index (χ0) is 15.2. The molecule has 110 valence electrons. The van der Waals surface area contributed by atoms with Crippen LogP contribution in [0.5, 0.6) is 5.75 Å². The number of nitrogens with one attached hydrogen (secondary N) is 1. The maximum absolute atomic E-state index is 11.9. The Hall–Kier alpha value is -2.01. The van der Waals surface area contributed by atoms with E-state index in [9.17, 15) is 4.79 Å². The summed E-state index contributed by atoms with van der Waals surface area (Å²) in [6, 6.07) is 13.0. The highest BCUT2D eigenvalue weighted by molar-refractivity contribution is 9.10. The Labute approximate surface area is 132 Å². The fraction of sp³-hybridized carbons (Fsp3) is 0.188. The van der Waals surface area contributed by atoms with Crippen molar-refractivity contribution in [2.75, 3.05) is 17.7 Å². The van der Waals surface area contributed by atoms with Crippen LogP contribution in [-0.2, 0) is 4.79 Å². The summed E-state index contributed by atoms with van der Waals surface area (Å²) in [6.45, 7) is 2.33. The van der Waals surface area contributed by atoms with Crippen LogP contribution in [0, 0.1) is 6.92 Å². The maximum Gasteiger partial charge on any atom is 0.227 e. The Morgan fingerprint density at radius 3 is 2.86 bits per heavy atom. The molecular weight excluding hydrogens is 332 g/mol. The number of ether oxygens (including phenoxy) is 1. The van der Waals surface area contributed by atoms with E-state index in [0.717, 1.165) is 15.8 Å². The maximum atomic E-state index is 11.9. The van der Waals surface area contributed by atoms with E-state index in [1.54, 1.807) is 18.2 Å². The number of anilines is 2. The van der Waals surface area contributed by atoms with Gasteiger partial charge in [-0.1, -0.05) is 12.1 Å². The van der Waals surface area contributed by atoms with Crippen molar-refractivity contribution in [2.45, 2.75) is 13.3 Å². The van der Waals surface area contributed by atoms with Crippen LogP contribution < -0.4 is 15.8 Å². The Bertz CT molecular complexity index is 644. The third kappa shape index (κ3) is 4.79. The Kier molecular flexibility index (Phi) is 5.22. The number of halogens is 1. The molecule has 2 aromatic carbocycles. The number of nitrogen functional groups attached to an aromatic ring is 1. The molecule has 4 nitrogen and oxygen atoms in total. The van der Waals surface area contributed by atoms with Crippen LogP contribution >= 0.6 is 15.9 Å². The molecule has 21 heavy (non-hydrogen) atoms. The SMILES string of the molecule is Cc1cccc(OCCC(=O)Nc2cc(N)ccc2Br)c1. The van der Waals surface area contributed by atoms with Crippen molar-refractivity contribution < 1.29 is 9.53 Å². The van der Waals surface area contributed by atoms with E-state index < -0.39 is 0 Å². The molecule has 0 saturated carbocycles. The smallest absolute Gasteiger partial charge is 0.227 e. The standard InChI is InChI=1S/C16H17BrN2O2/c1-11-3-2-4-13(9-11)21-8-7-16(20)19-15-10-12(18)5-6-14(15)17/h2-6,9-10H,7-8,18H2,1H3,(H,19,20). The van der Waals surface area contributed by atoms with E-state index in [4.69, 9.17) is 10.5 Å². The fourth-order valence-electron chi connectivity index (χ4n) is 1.82. The summed E-state index contributed by atoms with van der Waals surface area (Å²) in [4.78, 5) is 11.9. The number of benzene rings is 2. The van der Waals surface area contributed by atoms with Gasteiger partial charge in [0.25, 0.3) is 0 Å². The van der Waals surface area contributed by atoms with Crippen molar-refractivity contribution >= 4 is 33.2 Å². The highest BCUT2D eigenvalue weighted by Crippen LogP contribution is 2.24. The van der Waals surface area contributed by atoms with Gasteiger partial charge in [0.1, 0.15) is 5.75 Å². The molecule has 0 fully saturated rings. The van der Waals surface area contributed by atoms with E-state index in [1.807, 2.05) is 31.2 Å². The number of hydrogen-bond donors (Lipinski definition) is 2. The molecule has 0 spiro atoms. The predicted molar refractivity (Wildman–Crippen MR) is 88.5 cm³/mol. The summed E-state index contributed by atoms with van der Waals surface area (Å²) in [5, 5.41) is 2.80. The van der Waals surface area contributed by atoms with E-state index in [2.05, 4.69) is 21.2 Å². The molecule has 2 rings (SSSR count). The highest BCUT2D eigenvalue weighted by atomic mass is 79.9. The first-order valence-electron chi connectivity index (χ1n) is 6.59. The van der Waals surface area contributed by atoms with Crippen LogP contribution in [0.1, 0.15) is 12.0 Å². The van der Waals surface area contributed by atoms with E-state index in [0.29, 0.717) is 18.0 Å². The topological polar surface area (TPSA) is 64.3 Å². The minimum Gasteiger partial charge on any atom is -0.493 e. The van der Waals surface area contributed by atoms with Gasteiger partial charge in [-0.3, -0.25) is 4.79 Å². The summed E-state index contributed by atoms with van der Waals surface area (Å²) < 4.78 is 6.35. The molecule has 0 aliphatic heterocycles. The number of nitrogens with two attached hydrogens (primary N) is 1. The van der Waals surface area contributed by atoms with Crippen LogP contribution in [0.15, 0.2) is 46.9 Å². The first-order valence-corrected chi connectivity index (χ1v) is 7.38. The number of amides is 1. The molecule has 0 aliphatic carbocycles. The summed E-state index contributed by atoms with van der Waals surface area (Å²) >= 11 is 3.37. The summed E-state index contributed by atoms with van der Waals surface area (Å²) in [7, 11) is 0. The second-order valence-electron chi connectivity index (χ2n) is 4.70. The molecule has 1 amide bonds. The number of carbonyl (C=O) groups excluding carboxylic acids is 1. The molecule has 0 aliphatic rings. The lowest BCUT2D eigenvalue weighted by Crippen LogP contribution is -2.15. The molecule has 0 aromatic heterocycles. The van der Waals surface area contributed by atoms with Crippen molar-refractivity contribution in [1.29, 1.82) is 0 Å². The first-order chi connectivity index (χ1) is 10.0. The third-order valence-electron chi connectivity index (χ3n) is 2.85. The average Bonchev–Trinajstić information content (AvgIpc) is 2.43. The van der Waals surface area contributed by atoms with Gasteiger partial charge >= 0.3 is 0 Å². The largest absolute Gasteiger partial charge is 0.493 e. The molecule has 2 aromatic rings. The molecule has 0 heterocycles. The number of carbonyl (C=O) groups is 1. The van der Waals surface area contributed by atoms with Crippen LogP contribution in [0.2, 0.25) is 0 Å². The predicted octanol–water partition coefficient (Wildman–Crippen LogP) is 3.75. The van der Waals surface area contributed by atoms with E-state index >= 15 is 0 Å². The van der Waals surface area contributed by atoms with Crippen molar-refractivity contribution in [3.63, 3.8) is 0 Å².